The molecule has 0 bridgehead atoms. The molecule has 2 aromatic rings. The van der Waals surface area contributed by atoms with Gasteiger partial charge in [0.15, 0.2) is 6.61 Å². The first-order chi connectivity index (χ1) is 14.2. The predicted octanol–water partition coefficient (Wildman–Crippen LogP) is 3.61. The average molecular weight is 426 g/mol. The van der Waals surface area contributed by atoms with Gasteiger partial charge in [0.05, 0.1) is 18.9 Å². The summed E-state index contributed by atoms with van der Waals surface area (Å²) >= 11 is 0. The standard InChI is InChI=1S/C21H29F3N4O2/c1-15(2)19-18(20(27(3)26-19)28-7-9-29-10-8-28)13-25-12-16-5-4-6-17(11-16)30-14-21(22,23)24/h4-6,11,15,25H,7-10,12-14H2,1-3H3. The van der Waals surface area contributed by atoms with E-state index in [2.05, 4.69) is 24.1 Å². The van der Waals surface area contributed by atoms with Crippen molar-refractivity contribution in [3.8, 4) is 5.75 Å². The lowest BCUT2D eigenvalue weighted by molar-refractivity contribution is -0.153. The van der Waals surface area contributed by atoms with Crippen LogP contribution < -0.4 is 15.0 Å². The van der Waals surface area contributed by atoms with E-state index in [9.17, 15) is 13.2 Å². The van der Waals surface area contributed by atoms with E-state index in [4.69, 9.17) is 14.6 Å². The molecule has 0 saturated carbocycles. The van der Waals surface area contributed by atoms with E-state index in [0.29, 0.717) is 26.3 Å². The topological polar surface area (TPSA) is 51.5 Å². The van der Waals surface area contributed by atoms with E-state index in [1.807, 2.05) is 17.8 Å². The second kappa shape index (κ2) is 9.70. The van der Waals surface area contributed by atoms with Gasteiger partial charge in [-0.25, -0.2) is 0 Å². The summed E-state index contributed by atoms with van der Waals surface area (Å²) in [5.41, 5.74) is 3.06. The van der Waals surface area contributed by atoms with E-state index in [0.717, 1.165) is 35.7 Å². The molecule has 0 aliphatic carbocycles. The third-order valence-corrected chi connectivity index (χ3v) is 4.93. The monoisotopic (exact) mass is 426 g/mol. The highest BCUT2D eigenvalue weighted by atomic mass is 19.4. The summed E-state index contributed by atoms with van der Waals surface area (Å²) in [4.78, 5) is 2.30. The van der Waals surface area contributed by atoms with Gasteiger partial charge in [0, 0.05) is 38.8 Å². The summed E-state index contributed by atoms with van der Waals surface area (Å²) in [6.07, 6.45) is -4.35. The fourth-order valence-corrected chi connectivity index (χ4v) is 3.63. The Hall–Kier alpha value is -2.26. The number of halogens is 3. The lowest BCUT2D eigenvalue weighted by atomic mass is 10.0. The van der Waals surface area contributed by atoms with E-state index >= 15 is 0 Å². The highest BCUT2D eigenvalue weighted by molar-refractivity contribution is 5.51. The number of aryl methyl sites for hydroxylation is 1. The Bertz CT molecular complexity index is 830. The Kier molecular flexibility index (Phi) is 7.25. The molecule has 9 heteroatoms. The minimum atomic E-state index is -4.35. The molecule has 3 rings (SSSR count). The Morgan fingerprint density at radius 1 is 1.20 bits per heavy atom. The molecule has 6 nitrogen and oxygen atoms in total. The van der Waals surface area contributed by atoms with Crippen LogP contribution >= 0.6 is 0 Å². The van der Waals surface area contributed by atoms with Crippen molar-refractivity contribution >= 4 is 5.82 Å². The SMILES string of the molecule is CC(C)c1nn(C)c(N2CCOCC2)c1CNCc1cccc(OCC(F)(F)F)c1. The van der Waals surface area contributed by atoms with Crippen molar-refractivity contribution in [3.05, 3.63) is 41.1 Å². The van der Waals surface area contributed by atoms with Gasteiger partial charge < -0.3 is 19.7 Å². The molecular formula is C21H29F3N4O2. The summed E-state index contributed by atoms with van der Waals surface area (Å²) in [5, 5.41) is 8.16. The lowest BCUT2D eigenvalue weighted by Gasteiger charge is -2.29. The van der Waals surface area contributed by atoms with Crippen LogP contribution in [0, 0.1) is 0 Å². The first kappa shape index (κ1) is 22.4. The summed E-state index contributed by atoms with van der Waals surface area (Å²) < 4.78 is 49.4. The molecule has 1 aromatic carbocycles. The van der Waals surface area contributed by atoms with Crippen molar-refractivity contribution < 1.29 is 22.6 Å². The summed E-state index contributed by atoms with van der Waals surface area (Å²) in [6.45, 7) is 7.11. The van der Waals surface area contributed by atoms with Crippen LogP contribution in [0.15, 0.2) is 24.3 Å². The van der Waals surface area contributed by atoms with Crippen LogP contribution in [-0.2, 0) is 24.9 Å². The highest BCUT2D eigenvalue weighted by Crippen LogP contribution is 2.29. The minimum Gasteiger partial charge on any atom is -0.484 e. The van der Waals surface area contributed by atoms with E-state index in [-0.39, 0.29) is 11.7 Å². The number of nitrogens with zero attached hydrogens (tertiary/aromatic N) is 3. The summed E-state index contributed by atoms with van der Waals surface area (Å²) in [7, 11) is 1.96. The van der Waals surface area contributed by atoms with Crippen molar-refractivity contribution in [3.63, 3.8) is 0 Å². The number of anilines is 1. The predicted molar refractivity (Wildman–Crippen MR) is 109 cm³/mol. The van der Waals surface area contributed by atoms with Crippen LogP contribution in [-0.4, -0.2) is 48.9 Å². The summed E-state index contributed by atoms with van der Waals surface area (Å²) in [5.74, 6) is 1.59. The van der Waals surface area contributed by atoms with Gasteiger partial charge in [-0.1, -0.05) is 26.0 Å². The third-order valence-electron chi connectivity index (χ3n) is 4.93. The van der Waals surface area contributed by atoms with Crippen LogP contribution in [0.1, 0.15) is 36.6 Å². The van der Waals surface area contributed by atoms with Crippen molar-refractivity contribution in [2.45, 2.75) is 39.0 Å². The number of ether oxygens (including phenoxy) is 2. The number of hydrogen-bond acceptors (Lipinski definition) is 5. The van der Waals surface area contributed by atoms with Crippen molar-refractivity contribution in [2.24, 2.45) is 7.05 Å². The number of alkyl halides is 3. The molecule has 0 amide bonds. The van der Waals surface area contributed by atoms with E-state index < -0.39 is 12.8 Å². The molecular weight excluding hydrogens is 397 g/mol. The van der Waals surface area contributed by atoms with Crippen LogP contribution in [0.2, 0.25) is 0 Å². The van der Waals surface area contributed by atoms with Gasteiger partial charge in [0.25, 0.3) is 0 Å². The normalized spacial score (nSPS) is 15.1. The zero-order chi connectivity index (χ0) is 21.7. The maximum atomic E-state index is 12.4. The maximum absolute atomic E-state index is 12.4. The third kappa shape index (κ3) is 5.89. The molecule has 1 fully saturated rings. The number of rotatable bonds is 8. The zero-order valence-electron chi connectivity index (χ0n) is 17.6. The molecule has 0 radical (unpaired) electrons. The molecule has 1 aliphatic heterocycles. The highest BCUT2D eigenvalue weighted by Gasteiger charge is 2.28. The Balaban J connectivity index is 1.68. The van der Waals surface area contributed by atoms with E-state index in [1.54, 1.807) is 12.1 Å². The van der Waals surface area contributed by atoms with Crippen LogP contribution in [0.4, 0.5) is 19.0 Å². The average Bonchev–Trinajstić information content (AvgIpc) is 3.03. The Labute approximate surface area is 175 Å². The lowest BCUT2D eigenvalue weighted by Crippen LogP contribution is -2.38. The Morgan fingerprint density at radius 2 is 1.93 bits per heavy atom. The van der Waals surface area contributed by atoms with E-state index in [1.165, 1.54) is 6.07 Å². The second-order valence-corrected chi connectivity index (χ2v) is 7.72. The number of aromatic nitrogens is 2. The molecule has 30 heavy (non-hydrogen) atoms. The molecule has 0 atom stereocenters. The van der Waals surface area contributed by atoms with Gasteiger partial charge >= 0.3 is 6.18 Å². The molecule has 0 unspecified atom stereocenters. The molecule has 166 valence electrons. The maximum Gasteiger partial charge on any atom is 0.422 e. The smallest absolute Gasteiger partial charge is 0.422 e. The second-order valence-electron chi connectivity index (χ2n) is 7.72. The van der Waals surface area contributed by atoms with Gasteiger partial charge in [0.2, 0.25) is 0 Å². The number of benzene rings is 1. The molecule has 1 saturated heterocycles. The van der Waals surface area contributed by atoms with Crippen molar-refractivity contribution in [2.75, 3.05) is 37.8 Å². The van der Waals surface area contributed by atoms with Crippen LogP contribution in [0.25, 0.3) is 0 Å². The van der Waals surface area contributed by atoms with Gasteiger partial charge in [0.1, 0.15) is 11.6 Å². The van der Waals surface area contributed by atoms with Crippen LogP contribution in [0.3, 0.4) is 0 Å². The Morgan fingerprint density at radius 3 is 2.60 bits per heavy atom. The largest absolute Gasteiger partial charge is 0.484 e. The number of morpholine rings is 1. The van der Waals surface area contributed by atoms with Crippen molar-refractivity contribution in [1.29, 1.82) is 0 Å². The fourth-order valence-electron chi connectivity index (χ4n) is 3.63. The molecule has 2 heterocycles. The number of nitrogens with one attached hydrogen (secondary N) is 1. The summed E-state index contributed by atoms with van der Waals surface area (Å²) in [6, 6.07) is 6.73. The minimum absolute atomic E-state index is 0.213. The number of hydrogen-bond donors (Lipinski definition) is 1. The molecule has 1 N–H and O–H groups in total. The van der Waals surface area contributed by atoms with Gasteiger partial charge in [-0.3, -0.25) is 4.68 Å². The van der Waals surface area contributed by atoms with Gasteiger partial charge in [-0.2, -0.15) is 18.3 Å². The van der Waals surface area contributed by atoms with Gasteiger partial charge in [-0.15, -0.1) is 0 Å². The quantitative estimate of drug-likeness (QED) is 0.699. The molecule has 1 aromatic heterocycles. The molecule has 1 aliphatic rings. The van der Waals surface area contributed by atoms with Crippen LogP contribution in [0.5, 0.6) is 5.75 Å². The molecule has 0 spiro atoms. The zero-order valence-corrected chi connectivity index (χ0v) is 17.6. The first-order valence-electron chi connectivity index (χ1n) is 10.1. The fraction of sp³-hybridized carbons (Fsp3) is 0.571. The van der Waals surface area contributed by atoms with Crippen molar-refractivity contribution in [1.82, 2.24) is 15.1 Å². The first-order valence-corrected chi connectivity index (χ1v) is 10.1. The van der Waals surface area contributed by atoms with Gasteiger partial charge in [-0.05, 0) is 23.6 Å².